The van der Waals surface area contributed by atoms with Crippen molar-refractivity contribution in [2.45, 2.75) is 13.8 Å². The summed E-state index contributed by atoms with van der Waals surface area (Å²) in [6, 6.07) is 9.27. The van der Waals surface area contributed by atoms with Crippen LogP contribution < -0.4 is 5.32 Å². The number of pyridine rings is 1. The van der Waals surface area contributed by atoms with Crippen LogP contribution in [0.25, 0.3) is 0 Å². The molecule has 0 aliphatic rings. The number of hydrogen-bond donors (Lipinski definition) is 1. The molecule has 4 heteroatoms. The molecule has 2 rings (SSSR count). The van der Waals surface area contributed by atoms with Crippen LogP contribution in [0.3, 0.4) is 0 Å². The van der Waals surface area contributed by atoms with E-state index < -0.39 is 0 Å². The summed E-state index contributed by atoms with van der Waals surface area (Å²) in [4.78, 5) is 16.2. The van der Waals surface area contributed by atoms with Crippen LogP contribution in [0.5, 0.6) is 0 Å². The Morgan fingerprint density at radius 3 is 2.78 bits per heavy atom. The van der Waals surface area contributed by atoms with Crippen LogP contribution in [0.4, 0.5) is 5.82 Å². The van der Waals surface area contributed by atoms with Crippen LogP contribution in [0.2, 0.25) is 0 Å². The van der Waals surface area contributed by atoms with E-state index in [0.29, 0.717) is 11.4 Å². The highest BCUT2D eigenvalue weighted by Gasteiger charge is 2.10. The topological polar surface area (TPSA) is 42.0 Å². The number of carbonyl (C=O) groups excluding carboxylic acids is 1. The lowest BCUT2D eigenvalue weighted by molar-refractivity contribution is 0.102. The number of nitrogens with one attached hydrogen (secondary N) is 1. The lowest BCUT2D eigenvalue weighted by atomic mass is 10.0. The van der Waals surface area contributed by atoms with E-state index in [0.717, 1.165) is 15.6 Å². The highest BCUT2D eigenvalue weighted by atomic mass is 79.9. The van der Waals surface area contributed by atoms with Gasteiger partial charge in [0.2, 0.25) is 0 Å². The Bertz CT molecular complexity index is 596. The Kier molecular flexibility index (Phi) is 3.77. The minimum atomic E-state index is -0.137. The van der Waals surface area contributed by atoms with Crippen molar-refractivity contribution in [1.82, 2.24) is 4.98 Å². The van der Waals surface area contributed by atoms with Gasteiger partial charge in [0.05, 0.1) is 0 Å². The van der Waals surface area contributed by atoms with Crippen molar-refractivity contribution in [1.29, 1.82) is 0 Å². The maximum absolute atomic E-state index is 12.1. The van der Waals surface area contributed by atoms with Gasteiger partial charge in [-0.1, -0.05) is 28.1 Å². The third kappa shape index (κ3) is 2.76. The maximum Gasteiger partial charge on any atom is 0.257 e. The zero-order valence-corrected chi connectivity index (χ0v) is 11.8. The van der Waals surface area contributed by atoms with E-state index in [1.54, 1.807) is 12.3 Å². The van der Waals surface area contributed by atoms with Crippen molar-refractivity contribution in [2.75, 3.05) is 5.32 Å². The second-order valence-corrected chi connectivity index (χ2v) is 4.98. The van der Waals surface area contributed by atoms with Gasteiger partial charge in [-0.3, -0.25) is 4.79 Å². The summed E-state index contributed by atoms with van der Waals surface area (Å²) < 4.78 is 0.883. The molecule has 0 aliphatic carbocycles. The van der Waals surface area contributed by atoms with Gasteiger partial charge < -0.3 is 5.32 Å². The monoisotopic (exact) mass is 304 g/mol. The van der Waals surface area contributed by atoms with Gasteiger partial charge in [0.15, 0.2) is 0 Å². The summed E-state index contributed by atoms with van der Waals surface area (Å²) in [5.41, 5.74) is 2.77. The SMILES string of the molecule is Cc1cccc(C(=O)Nc2cc(Br)ccn2)c1C. The molecule has 0 saturated heterocycles. The fourth-order valence-electron chi connectivity index (χ4n) is 1.65. The molecular weight excluding hydrogens is 292 g/mol. The van der Waals surface area contributed by atoms with Gasteiger partial charge in [0.1, 0.15) is 5.82 Å². The second-order valence-electron chi connectivity index (χ2n) is 4.06. The van der Waals surface area contributed by atoms with Gasteiger partial charge >= 0.3 is 0 Å². The van der Waals surface area contributed by atoms with Crippen LogP contribution in [0.1, 0.15) is 21.5 Å². The number of amides is 1. The average Bonchev–Trinajstić information content (AvgIpc) is 2.32. The molecule has 1 N–H and O–H groups in total. The van der Waals surface area contributed by atoms with Gasteiger partial charge in [-0.25, -0.2) is 4.98 Å². The van der Waals surface area contributed by atoms with Crippen LogP contribution >= 0.6 is 15.9 Å². The van der Waals surface area contributed by atoms with Gasteiger partial charge in [-0.2, -0.15) is 0 Å². The lowest BCUT2D eigenvalue weighted by Crippen LogP contribution is -2.14. The molecule has 0 saturated carbocycles. The summed E-state index contributed by atoms with van der Waals surface area (Å²) in [5.74, 6) is 0.400. The van der Waals surface area contributed by atoms with E-state index in [4.69, 9.17) is 0 Å². The quantitative estimate of drug-likeness (QED) is 0.919. The molecule has 1 heterocycles. The molecule has 0 fully saturated rings. The Morgan fingerprint density at radius 2 is 2.06 bits per heavy atom. The first-order valence-electron chi connectivity index (χ1n) is 5.57. The van der Waals surface area contributed by atoms with Crippen molar-refractivity contribution < 1.29 is 4.79 Å². The zero-order chi connectivity index (χ0) is 13.1. The molecule has 1 aromatic carbocycles. The van der Waals surface area contributed by atoms with Gasteiger partial charge in [0, 0.05) is 16.2 Å². The fraction of sp³-hybridized carbons (Fsp3) is 0.143. The highest BCUT2D eigenvalue weighted by Crippen LogP contribution is 2.16. The molecule has 0 bridgehead atoms. The first-order chi connectivity index (χ1) is 8.58. The average molecular weight is 305 g/mol. The summed E-state index contributed by atoms with van der Waals surface area (Å²) in [7, 11) is 0. The highest BCUT2D eigenvalue weighted by molar-refractivity contribution is 9.10. The van der Waals surface area contributed by atoms with E-state index in [-0.39, 0.29) is 5.91 Å². The largest absolute Gasteiger partial charge is 0.307 e. The number of hydrogen-bond acceptors (Lipinski definition) is 2. The number of benzene rings is 1. The number of halogens is 1. The number of anilines is 1. The van der Waals surface area contributed by atoms with E-state index in [1.165, 1.54) is 0 Å². The number of aromatic nitrogens is 1. The predicted molar refractivity (Wildman–Crippen MR) is 75.8 cm³/mol. The Labute approximate surface area is 114 Å². The fourth-order valence-corrected chi connectivity index (χ4v) is 1.99. The van der Waals surface area contributed by atoms with E-state index in [2.05, 4.69) is 26.2 Å². The molecule has 0 spiro atoms. The molecule has 0 atom stereocenters. The first kappa shape index (κ1) is 12.8. The predicted octanol–water partition coefficient (Wildman–Crippen LogP) is 3.71. The molecule has 1 amide bonds. The van der Waals surface area contributed by atoms with Gasteiger partial charge in [-0.15, -0.1) is 0 Å². The van der Waals surface area contributed by atoms with Crippen LogP contribution in [-0.4, -0.2) is 10.9 Å². The number of carbonyl (C=O) groups is 1. The summed E-state index contributed by atoms with van der Waals surface area (Å²) in [5, 5.41) is 2.79. The molecule has 1 aromatic heterocycles. The minimum Gasteiger partial charge on any atom is -0.307 e. The van der Waals surface area contributed by atoms with Crippen molar-refractivity contribution >= 4 is 27.7 Å². The summed E-state index contributed by atoms with van der Waals surface area (Å²) in [6.45, 7) is 3.93. The third-order valence-corrected chi connectivity index (χ3v) is 3.31. The number of rotatable bonds is 2. The second kappa shape index (κ2) is 5.31. The zero-order valence-electron chi connectivity index (χ0n) is 10.2. The maximum atomic E-state index is 12.1. The molecule has 0 aliphatic heterocycles. The Balaban J connectivity index is 2.25. The molecule has 0 unspecified atom stereocenters. The van der Waals surface area contributed by atoms with Crippen LogP contribution in [0, 0.1) is 13.8 Å². The first-order valence-corrected chi connectivity index (χ1v) is 6.36. The Hall–Kier alpha value is -1.68. The molecule has 0 radical (unpaired) electrons. The smallest absolute Gasteiger partial charge is 0.257 e. The third-order valence-electron chi connectivity index (χ3n) is 2.81. The number of aryl methyl sites for hydroxylation is 1. The van der Waals surface area contributed by atoms with Gasteiger partial charge in [0.25, 0.3) is 5.91 Å². The lowest BCUT2D eigenvalue weighted by Gasteiger charge is -2.09. The van der Waals surface area contributed by atoms with Crippen molar-refractivity contribution in [3.05, 3.63) is 57.7 Å². The molecular formula is C14H13BrN2O. The van der Waals surface area contributed by atoms with E-state index >= 15 is 0 Å². The Morgan fingerprint density at radius 1 is 1.28 bits per heavy atom. The molecule has 3 nitrogen and oxygen atoms in total. The molecule has 2 aromatic rings. The minimum absolute atomic E-state index is 0.137. The summed E-state index contributed by atoms with van der Waals surface area (Å²) >= 11 is 3.34. The number of nitrogens with zero attached hydrogens (tertiary/aromatic N) is 1. The van der Waals surface area contributed by atoms with E-state index in [9.17, 15) is 4.79 Å². The van der Waals surface area contributed by atoms with E-state index in [1.807, 2.05) is 38.1 Å². The normalized spacial score (nSPS) is 10.2. The molecule has 92 valence electrons. The van der Waals surface area contributed by atoms with Gasteiger partial charge in [-0.05, 0) is 43.2 Å². The van der Waals surface area contributed by atoms with Crippen molar-refractivity contribution in [3.63, 3.8) is 0 Å². The van der Waals surface area contributed by atoms with Crippen molar-refractivity contribution in [2.24, 2.45) is 0 Å². The van der Waals surface area contributed by atoms with Crippen LogP contribution in [-0.2, 0) is 0 Å². The molecule has 18 heavy (non-hydrogen) atoms. The summed E-state index contributed by atoms with van der Waals surface area (Å²) in [6.07, 6.45) is 1.64. The van der Waals surface area contributed by atoms with Crippen molar-refractivity contribution in [3.8, 4) is 0 Å². The standard InChI is InChI=1S/C14H13BrN2O/c1-9-4-3-5-12(10(9)2)14(18)17-13-8-11(15)6-7-16-13/h3-8H,1-2H3,(H,16,17,18). The van der Waals surface area contributed by atoms with Crippen LogP contribution in [0.15, 0.2) is 41.0 Å².